The normalized spacial score (nSPS) is 19.9. The molecule has 2 unspecified atom stereocenters. The molecule has 19 heavy (non-hydrogen) atoms. The molecule has 1 heterocycles. The van der Waals surface area contributed by atoms with Crippen molar-refractivity contribution in [1.29, 1.82) is 5.26 Å². The number of carbonyl (C=O) groups excluding carboxylic acids is 1. The summed E-state index contributed by atoms with van der Waals surface area (Å²) in [5.74, 6) is -0.671. The second-order valence-electron chi connectivity index (χ2n) is 4.75. The Kier molecular flexibility index (Phi) is 5.12. The van der Waals surface area contributed by atoms with Crippen LogP contribution >= 0.6 is 15.9 Å². The van der Waals surface area contributed by atoms with Gasteiger partial charge in [-0.25, -0.2) is 0 Å². The molecular formula is C15H16BrNO2. The number of Topliss-reactive ketones (excluding diaryl/α,β-unsaturated/α-hetero) is 1. The van der Waals surface area contributed by atoms with E-state index in [0.29, 0.717) is 6.42 Å². The Labute approximate surface area is 121 Å². The number of benzene rings is 1. The van der Waals surface area contributed by atoms with Gasteiger partial charge in [-0.15, -0.1) is 0 Å². The molecule has 1 aliphatic rings. The Balaban J connectivity index is 1.95. The first-order valence-electron chi connectivity index (χ1n) is 6.50. The molecular weight excluding hydrogens is 306 g/mol. The van der Waals surface area contributed by atoms with Gasteiger partial charge in [-0.3, -0.25) is 4.79 Å². The number of carbonyl (C=O) groups is 1. The summed E-state index contributed by atoms with van der Waals surface area (Å²) < 4.78 is 6.44. The van der Waals surface area contributed by atoms with E-state index in [2.05, 4.69) is 22.0 Å². The summed E-state index contributed by atoms with van der Waals surface area (Å²) in [6.07, 6.45) is 3.45. The highest BCUT2D eigenvalue weighted by atomic mass is 79.9. The van der Waals surface area contributed by atoms with Gasteiger partial charge >= 0.3 is 0 Å². The van der Waals surface area contributed by atoms with E-state index in [0.717, 1.165) is 35.9 Å². The standard InChI is InChI=1S/C15H16BrNO2/c16-12-5-3-11(4-6-12)14(10-17)15(18)8-7-13-2-1-9-19-13/h3-6,13-14H,1-2,7-9H2. The molecule has 2 rings (SSSR count). The lowest BCUT2D eigenvalue weighted by atomic mass is 9.92. The first-order valence-corrected chi connectivity index (χ1v) is 7.29. The molecule has 0 N–H and O–H groups in total. The van der Waals surface area contributed by atoms with Crippen LogP contribution in [-0.2, 0) is 9.53 Å². The maximum atomic E-state index is 12.1. The Morgan fingerprint density at radius 2 is 2.21 bits per heavy atom. The second-order valence-corrected chi connectivity index (χ2v) is 5.67. The topological polar surface area (TPSA) is 50.1 Å². The number of hydrogen-bond acceptors (Lipinski definition) is 3. The zero-order valence-electron chi connectivity index (χ0n) is 10.6. The first-order chi connectivity index (χ1) is 9.20. The number of ketones is 1. The van der Waals surface area contributed by atoms with Gasteiger partial charge < -0.3 is 4.74 Å². The molecule has 1 aromatic carbocycles. The quantitative estimate of drug-likeness (QED) is 0.832. The van der Waals surface area contributed by atoms with Crippen molar-refractivity contribution in [2.75, 3.05) is 6.61 Å². The zero-order valence-corrected chi connectivity index (χ0v) is 12.2. The van der Waals surface area contributed by atoms with Gasteiger partial charge in [0.05, 0.1) is 12.2 Å². The summed E-state index contributed by atoms with van der Waals surface area (Å²) >= 11 is 3.34. The summed E-state index contributed by atoms with van der Waals surface area (Å²) in [6, 6.07) is 9.46. The molecule has 3 nitrogen and oxygen atoms in total. The lowest BCUT2D eigenvalue weighted by Gasteiger charge is -2.11. The summed E-state index contributed by atoms with van der Waals surface area (Å²) in [5.41, 5.74) is 0.767. The Bertz CT molecular complexity index is 472. The molecule has 1 fully saturated rings. The molecule has 0 amide bonds. The van der Waals surface area contributed by atoms with Crippen LogP contribution in [0.1, 0.15) is 37.2 Å². The number of rotatable bonds is 5. The fraction of sp³-hybridized carbons (Fsp3) is 0.467. The van der Waals surface area contributed by atoms with Crippen LogP contribution in [-0.4, -0.2) is 18.5 Å². The highest BCUT2D eigenvalue weighted by Gasteiger charge is 2.22. The minimum Gasteiger partial charge on any atom is -0.378 e. The van der Waals surface area contributed by atoms with Crippen molar-refractivity contribution in [2.45, 2.75) is 37.7 Å². The minimum absolute atomic E-state index is 0.0136. The molecule has 0 aliphatic carbocycles. The largest absolute Gasteiger partial charge is 0.378 e. The van der Waals surface area contributed by atoms with Crippen molar-refractivity contribution in [3.05, 3.63) is 34.3 Å². The van der Waals surface area contributed by atoms with E-state index in [9.17, 15) is 10.1 Å². The van der Waals surface area contributed by atoms with Crippen LogP contribution in [0.4, 0.5) is 0 Å². The number of nitrogens with zero attached hydrogens (tertiary/aromatic N) is 1. The van der Waals surface area contributed by atoms with E-state index < -0.39 is 5.92 Å². The highest BCUT2D eigenvalue weighted by molar-refractivity contribution is 9.10. The molecule has 0 radical (unpaired) electrons. The summed E-state index contributed by atoms with van der Waals surface area (Å²) in [7, 11) is 0. The Morgan fingerprint density at radius 1 is 1.47 bits per heavy atom. The van der Waals surface area contributed by atoms with Crippen molar-refractivity contribution in [2.24, 2.45) is 0 Å². The SMILES string of the molecule is N#CC(C(=O)CCC1CCCO1)c1ccc(Br)cc1. The lowest BCUT2D eigenvalue weighted by Crippen LogP contribution is -2.14. The van der Waals surface area contributed by atoms with Gasteiger partial charge in [0.1, 0.15) is 5.92 Å². The average Bonchev–Trinajstić information content (AvgIpc) is 2.92. The molecule has 1 saturated heterocycles. The molecule has 2 atom stereocenters. The van der Waals surface area contributed by atoms with Crippen molar-refractivity contribution in [3.63, 3.8) is 0 Å². The number of nitriles is 1. The van der Waals surface area contributed by atoms with Crippen LogP contribution in [0.2, 0.25) is 0 Å². The molecule has 4 heteroatoms. The van der Waals surface area contributed by atoms with E-state index in [4.69, 9.17) is 4.74 Å². The average molecular weight is 322 g/mol. The van der Waals surface area contributed by atoms with Crippen molar-refractivity contribution in [1.82, 2.24) is 0 Å². The molecule has 100 valence electrons. The van der Waals surface area contributed by atoms with Gasteiger partial charge in [0, 0.05) is 17.5 Å². The highest BCUT2D eigenvalue weighted by Crippen LogP contribution is 2.23. The summed E-state index contributed by atoms with van der Waals surface area (Å²) in [5, 5.41) is 9.20. The van der Waals surface area contributed by atoms with Gasteiger partial charge in [-0.1, -0.05) is 28.1 Å². The monoisotopic (exact) mass is 321 g/mol. The summed E-state index contributed by atoms with van der Waals surface area (Å²) in [4.78, 5) is 12.1. The van der Waals surface area contributed by atoms with Crippen LogP contribution in [0.15, 0.2) is 28.7 Å². The second kappa shape index (κ2) is 6.83. The fourth-order valence-corrected chi connectivity index (χ4v) is 2.57. The van der Waals surface area contributed by atoms with E-state index >= 15 is 0 Å². The van der Waals surface area contributed by atoms with Gasteiger partial charge in [0.2, 0.25) is 0 Å². The van der Waals surface area contributed by atoms with Crippen LogP contribution < -0.4 is 0 Å². The predicted octanol–water partition coefficient (Wildman–Crippen LogP) is 3.58. The molecule has 0 saturated carbocycles. The molecule has 0 spiro atoms. The molecule has 0 aromatic heterocycles. The number of halogens is 1. The Hall–Kier alpha value is -1.18. The molecule has 0 bridgehead atoms. The third kappa shape index (κ3) is 3.89. The van der Waals surface area contributed by atoms with Crippen LogP contribution in [0.25, 0.3) is 0 Å². The fourth-order valence-electron chi connectivity index (χ4n) is 2.31. The molecule has 1 aromatic rings. The lowest BCUT2D eigenvalue weighted by molar-refractivity contribution is -0.120. The van der Waals surface area contributed by atoms with E-state index in [1.807, 2.05) is 24.3 Å². The van der Waals surface area contributed by atoms with Crippen molar-refractivity contribution >= 4 is 21.7 Å². The van der Waals surface area contributed by atoms with E-state index in [1.165, 1.54) is 0 Å². The molecule has 1 aliphatic heterocycles. The van der Waals surface area contributed by atoms with Gasteiger partial charge in [-0.2, -0.15) is 5.26 Å². The summed E-state index contributed by atoms with van der Waals surface area (Å²) in [6.45, 7) is 0.799. The number of ether oxygens (including phenoxy) is 1. The van der Waals surface area contributed by atoms with Gasteiger partial charge in [0.25, 0.3) is 0 Å². The predicted molar refractivity (Wildman–Crippen MR) is 75.7 cm³/mol. The maximum absolute atomic E-state index is 12.1. The minimum atomic E-state index is -0.658. The smallest absolute Gasteiger partial charge is 0.154 e. The van der Waals surface area contributed by atoms with Gasteiger partial charge in [0.15, 0.2) is 5.78 Å². The third-order valence-electron chi connectivity index (χ3n) is 3.39. The van der Waals surface area contributed by atoms with Crippen molar-refractivity contribution < 1.29 is 9.53 Å². The van der Waals surface area contributed by atoms with E-state index in [1.54, 1.807) is 0 Å². The Morgan fingerprint density at radius 3 is 2.79 bits per heavy atom. The zero-order chi connectivity index (χ0) is 13.7. The van der Waals surface area contributed by atoms with Gasteiger partial charge in [-0.05, 0) is 37.0 Å². The first kappa shape index (κ1) is 14.2. The van der Waals surface area contributed by atoms with Crippen LogP contribution in [0, 0.1) is 11.3 Å². The third-order valence-corrected chi connectivity index (χ3v) is 3.92. The van der Waals surface area contributed by atoms with E-state index in [-0.39, 0.29) is 11.9 Å². The van der Waals surface area contributed by atoms with Crippen molar-refractivity contribution in [3.8, 4) is 6.07 Å². The van der Waals surface area contributed by atoms with Crippen LogP contribution in [0.3, 0.4) is 0 Å². The number of hydrogen-bond donors (Lipinski definition) is 0. The van der Waals surface area contributed by atoms with Crippen LogP contribution in [0.5, 0.6) is 0 Å². The maximum Gasteiger partial charge on any atom is 0.154 e.